The van der Waals surface area contributed by atoms with Crippen LogP contribution in [0.15, 0.2) is 15.8 Å². The summed E-state index contributed by atoms with van der Waals surface area (Å²) >= 11 is 5.63. The maximum absolute atomic E-state index is 11.4. The maximum Gasteiger partial charge on any atom is 0.328 e. The second-order valence-corrected chi connectivity index (χ2v) is 5.01. The van der Waals surface area contributed by atoms with E-state index in [9.17, 15) is 9.59 Å². The van der Waals surface area contributed by atoms with E-state index in [0.29, 0.717) is 13.1 Å². The molecule has 0 aromatic carbocycles. The van der Waals surface area contributed by atoms with E-state index in [-0.39, 0.29) is 10.6 Å². The second-order valence-electron chi connectivity index (χ2n) is 4.61. The quantitative estimate of drug-likeness (QED) is 0.819. The standard InChI is InChI=1S/C10H16ClN3O2/c1-10(2,3)12-4-5-14-6-7(11)8(15)13-9(14)16/h6,12H,4-5H2,1-3H3,(H,13,15,16). The van der Waals surface area contributed by atoms with Crippen LogP contribution in [0, 0.1) is 0 Å². The molecular weight excluding hydrogens is 230 g/mol. The van der Waals surface area contributed by atoms with Crippen LogP contribution in [0.4, 0.5) is 0 Å². The van der Waals surface area contributed by atoms with E-state index in [2.05, 4.69) is 10.3 Å². The molecule has 0 unspecified atom stereocenters. The fourth-order valence-electron chi connectivity index (χ4n) is 1.20. The highest BCUT2D eigenvalue weighted by atomic mass is 35.5. The van der Waals surface area contributed by atoms with Gasteiger partial charge in [-0.3, -0.25) is 14.3 Å². The lowest BCUT2D eigenvalue weighted by molar-refractivity contribution is 0.409. The van der Waals surface area contributed by atoms with Crippen LogP contribution in [0.5, 0.6) is 0 Å². The average Bonchev–Trinajstić information content (AvgIpc) is 2.11. The summed E-state index contributed by atoms with van der Waals surface area (Å²) in [5.41, 5.74) is -0.993. The van der Waals surface area contributed by atoms with Gasteiger partial charge in [0.05, 0.1) is 0 Å². The van der Waals surface area contributed by atoms with E-state index in [4.69, 9.17) is 11.6 Å². The van der Waals surface area contributed by atoms with E-state index in [1.54, 1.807) is 0 Å². The topological polar surface area (TPSA) is 66.9 Å². The Kier molecular flexibility index (Phi) is 3.93. The zero-order valence-electron chi connectivity index (χ0n) is 9.63. The molecule has 0 aliphatic rings. The summed E-state index contributed by atoms with van der Waals surface area (Å²) in [7, 11) is 0. The van der Waals surface area contributed by atoms with Crippen molar-refractivity contribution in [2.45, 2.75) is 32.9 Å². The van der Waals surface area contributed by atoms with Gasteiger partial charge in [-0.25, -0.2) is 4.79 Å². The van der Waals surface area contributed by atoms with Gasteiger partial charge < -0.3 is 5.32 Å². The maximum atomic E-state index is 11.4. The third-order valence-electron chi connectivity index (χ3n) is 1.98. The van der Waals surface area contributed by atoms with Gasteiger partial charge in [0.1, 0.15) is 5.02 Å². The Bertz CT molecular complexity index is 470. The Labute approximate surface area is 98.4 Å². The smallest absolute Gasteiger partial charge is 0.310 e. The molecule has 0 aliphatic carbocycles. The highest BCUT2D eigenvalue weighted by Gasteiger charge is 2.08. The molecular formula is C10H16ClN3O2. The van der Waals surface area contributed by atoms with Crippen molar-refractivity contribution in [1.29, 1.82) is 0 Å². The summed E-state index contributed by atoms with van der Waals surface area (Å²) < 4.78 is 1.38. The molecule has 0 atom stereocenters. The van der Waals surface area contributed by atoms with Gasteiger partial charge in [-0.15, -0.1) is 0 Å². The van der Waals surface area contributed by atoms with Gasteiger partial charge in [-0.05, 0) is 20.8 Å². The monoisotopic (exact) mass is 245 g/mol. The molecule has 1 rings (SSSR count). The second kappa shape index (κ2) is 4.84. The van der Waals surface area contributed by atoms with Gasteiger partial charge in [0.2, 0.25) is 0 Å². The first-order valence-electron chi connectivity index (χ1n) is 5.04. The molecule has 16 heavy (non-hydrogen) atoms. The van der Waals surface area contributed by atoms with Crippen LogP contribution in [0.3, 0.4) is 0 Å². The molecule has 1 heterocycles. The van der Waals surface area contributed by atoms with Gasteiger partial charge in [0.15, 0.2) is 0 Å². The van der Waals surface area contributed by atoms with Crippen LogP contribution < -0.4 is 16.6 Å². The predicted molar refractivity (Wildman–Crippen MR) is 64.1 cm³/mol. The molecule has 0 fully saturated rings. The first-order valence-corrected chi connectivity index (χ1v) is 5.42. The number of halogens is 1. The van der Waals surface area contributed by atoms with Crippen molar-refractivity contribution in [1.82, 2.24) is 14.9 Å². The Hall–Kier alpha value is -1.07. The van der Waals surface area contributed by atoms with Gasteiger partial charge in [-0.2, -0.15) is 0 Å². The van der Waals surface area contributed by atoms with Crippen molar-refractivity contribution < 1.29 is 0 Å². The van der Waals surface area contributed by atoms with Crippen LogP contribution in [-0.4, -0.2) is 21.6 Å². The molecule has 0 radical (unpaired) electrons. The van der Waals surface area contributed by atoms with Crippen molar-refractivity contribution in [3.63, 3.8) is 0 Å². The molecule has 0 saturated carbocycles. The fourth-order valence-corrected chi connectivity index (χ4v) is 1.37. The SMILES string of the molecule is CC(C)(C)NCCn1cc(Cl)c(=O)[nH]c1=O. The molecule has 0 spiro atoms. The first-order chi connectivity index (χ1) is 7.29. The van der Waals surface area contributed by atoms with Crippen molar-refractivity contribution in [3.05, 3.63) is 32.1 Å². The number of rotatable bonds is 3. The fraction of sp³-hybridized carbons (Fsp3) is 0.600. The third-order valence-corrected chi connectivity index (χ3v) is 2.24. The summed E-state index contributed by atoms with van der Waals surface area (Å²) in [5.74, 6) is 0. The predicted octanol–water partition coefficient (Wildman–Crippen LogP) is 0.578. The number of aromatic nitrogens is 2. The number of hydrogen-bond donors (Lipinski definition) is 2. The van der Waals surface area contributed by atoms with E-state index in [1.807, 2.05) is 20.8 Å². The molecule has 1 aromatic heterocycles. The van der Waals surface area contributed by atoms with E-state index in [1.165, 1.54) is 10.8 Å². The number of nitrogens with zero attached hydrogens (tertiary/aromatic N) is 1. The minimum absolute atomic E-state index is 0.00437. The van der Waals surface area contributed by atoms with Gasteiger partial charge in [0, 0.05) is 24.8 Å². The molecule has 0 aliphatic heterocycles. The normalized spacial score (nSPS) is 11.8. The van der Waals surface area contributed by atoms with Crippen molar-refractivity contribution in [2.75, 3.05) is 6.54 Å². The summed E-state index contributed by atoms with van der Waals surface area (Å²) in [5, 5.41) is 3.26. The van der Waals surface area contributed by atoms with Crippen molar-refractivity contribution >= 4 is 11.6 Å². The molecule has 2 N–H and O–H groups in total. The molecule has 0 bridgehead atoms. The number of H-pyrrole nitrogens is 1. The van der Waals surface area contributed by atoms with Gasteiger partial charge in [0.25, 0.3) is 5.56 Å². The Balaban J connectivity index is 2.72. The van der Waals surface area contributed by atoms with Crippen LogP contribution in [-0.2, 0) is 6.54 Å². The van der Waals surface area contributed by atoms with Crippen LogP contribution in [0.2, 0.25) is 5.02 Å². The molecule has 0 amide bonds. The summed E-state index contributed by atoms with van der Waals surface area (Å²) in [6, 6.07) is 0. The minimum atomic E-state index is -0.549. The molecule has 90 valence electrons. The highest BCUT2D eigenvalue weighted by molar-refractivity contribution is 6.30. The molecule has 6 heteroatoms. The van der Waals surface area contributed by atoms with E-state index in [0.717, 1.165) is 0 Å². The van der Waals surface area contributed by atoms with E-state index >= 15 is 0 Å². The lowest BCUT2D eigenvalue weighted by atomic mass is 10.1. The highest BCUT2D eigenvalue weighted by Crippen LogP contribution is 1.98. The zero-order chi connectivity index (χ0) is 12.3. The van der Waals surface area contributed by atoms with Crippen molar-refractivity contribution in [2.24, 2.45) is 0 Å². The third kappa shape index (κ3) is 3.83. The first kappa shape index (κ1) is 13.0. The van der Waals surface area contributed by atoms with Gasteiger partial charge >= 0.3 is 5.69 Å². The molecule has 1 aromatic rings. The number of hydrogen-bond acceptors (Lipinski definition) is 3. The summed E-state index contributed by atoms with van der Waals surface area (Å²) in [6.45, 7) is 7.21. The minimum Gasteiger partial charge on any atom is -0.310 e. The molecule has 5 nitrogen and oxygen atoms in total. The largest absolute Gasteiger partial charge is 0.328 e. The number of aromatic amines is 1. The van der Waals surface area contributed by atoms with Gasteiger partial charge in [-0.1, -0.05) is 11.6 Å². The average molecular weight is 246 g/mol. The van der Waals surface area contributed by atoms with Crippen LogP contribution >= 0.6 is 11.6 Å². The van der Waals surface area contributed by atoms with Crippen molar-refractivity contribution in [3.8, 4) is 0 Å². The van der Waals surface area contributed by atoms with Crippen LogP contribution in [0.1, 0.15) is 20.8 Å². The van der Waals surface area contributed by atoms with Crippen LogP contribution in [0.25, 0.3) is 0 Å². The molecule has 0 saturated heterocycles. The lowest BCUT2D eigenvalue weighted by Gasteiger charge is -2.20. The number of nitrogens with one attached hydrogen (secondary N) is 2. The zero-order valence-corrected chi connectivity index (χ0v) is 10.4. The Morgan fingerprint density at radius 2 is 2.06 bits per heavy atom. The summed E-state index contributed by atoms with van der Waals surface area (Å²) in [4.78, 5) is 24.5. The lowest BCUT2D eigenvalue weighted by Crippen LogP contribution is -2.40. The Morgan fingerprint density at radius 1 is 1.44 bits per heavy atom. The summed E-state index contributed by atoms with van der Waals surface area (Å²) in [6.07, 6.45) is 1.35. The van der Waals surface area contributed by atoms with E-state index < -0.39 is 11.2 Å². The Morgan fingerprint density at radius 3 is 2.62 bits per heavy atom.